The van der Waals surface area contributed by atoms with E-state index in [4.69, 9.17) is 15.2 Å². The third kappa shape index (κ3) is 2.12. The van der Waals surface area contributed by atoms with Gasteiger partial charge in [-0.25, -0.2) is 0 Å². The summed E-state index contributed by atoms with van der Waals surface area (Å²) in [6, 6.07) is 2.14. The minimum absolute atomic E-state index is 0.218. The van der Waals surface area contributed by atoms with Crippen LogP contribution in [-0.2, 0) is 5.54 Å². The van der Waals surface area contributed by atoms with Crippen molar-refractivity contribution in [2.45, 2.75) is 38.1 Å². The quantitative estimate of drug-likeness (QED) is 0.924. The van der Waals surface area contributed by atoms with E-state index in [0.29, 0.717) is 5.92 Å². The van der Waals surface area contributed by atoms with Crippen molar-refractivity contribution in [3.63, 3.8) is 0 Å². The Kier molecular flexibility index (Phi) is 3.60. The Hall–Kier alpha value is -0.740. The number of nitrogens with two attached hydrogens (primary N) is 1. The zero-order chi connectivity index (χ0) is 13.5. The lowest BCUT2D eigenvalue weighted by Gasteiger charge is -2.22. The molecule has 0 radical (unpaired) electrons. The van der Waals surface area contributed by atoms with Crippen molar-refractivity contribution in [1.82, 2.24) is 0 Å². The van der Waals surface area contributed by atoms with E-state index in [0.717, 1.165) is 39.9 Å². The van der Waals surface area contributed by atoms with Crippen molar-refractivity contribution in [2.24, 2.45) is 5.73 Å². The zero-order valence-electron chi connectivity index (χ0n) is 11.3. The predicted octanol–water partition coefficient (Wildman–Crippen LogP) is 3.54. The first-order valence-electron chi connectivity index (χ1n) is 6.18. The first-order valence-corrected chi connectivity index (χ1v) is 6.97. The van der Waals surface area contributed by atoms with Gasteiger partial charge in [0, 0.05) is 11.1 Å². The highest BCUT2D eigenvalue weighted by Crippen LogP contribution is 2.52. The van der Waals surface area contributed by atoms with Gasteiger partial charge in [-0.3, -0.25) is 0 Å². The average Bonchev–Trinajstić information content (AvgIpc) is 3.07. The van der Waals surface area contributed by atoms with Gasteiger partial charge in [-0.15, -0.1) is 0 Å². The summed E-state index contributed by atoms with van der Waals surface area (Å²) in [6.07, 6.45) is 2.03. The SMILES string of the molecule is COc1c(C(C)C)cc(C2(N)CC2)c(OC)c1Br. The molecule has 1 aliphatic carbocycles. The number of hydrogen-bond donors (Lipinski definition) is 1. The molecule has 1 saturated carbocycles. The van der Waals surface area contributed by atoms with E-state index in [2.05, 4.69) is 35.8 Å². The standard InChI is InChI=1S/C14H20BrNO2/c1-8(2)9-7-10(14(16)5-6-14)13(18-4)11(15)12(9)17-3/h7-8H,5-6,16H2,1-4H3. The molecule has 2 N–H and O–H groups in total. The molecule has 2 rings (SSSR count). The average molecular weight is 314 g/mol. The van der Waals surface area contributed by atoms with Crippen LogP contribution in [0.5, 0.6) is 11.5 Å². The first kappa shape index (κ1) is 13.7. The number of hydrogen-bond acceptors (Lipinski definition) is 3. The van der Waals surface area contributed by atoms with Crippen molar-refractivity contribution < 1.29 is 9.47 Å². The fraction of sp³-hybridized carbons (Fsp3) is 0.571. The zero-order valence-corrected chi connectivity index (χ0v) is 12.9. The van der Waals surface area contributed by atoms with Crippen LogP contribution in [0.15, 0.2) is 10.5 Å². The lowest BCUT2D eigenvalue weighted by molar-refractivity contribution is 0.378. The largest absolute Gasteiger partial charge is 0.495 e. The molecule has 1 aromatic rings. The monoisotopic (exact) mass is 313 g/mol. The molecule has 0 atom stereocenters. The second-order valence-electron chi connectivity index (χ2n) is 5.20. The van der Waals surface area contributed by atoms with Crippen LogP contribution in [0.4, 0.5) is 0 Å². The molecule has 0 unspecified atom stereocenters. The predicted molar refractivity (Wildman–Crippen MR) is 76.4 cm³/mol. The van der Waals surface area contributed by atoms with Gasteiger partial charge in [0.05, 0.1) is 14.2 Å². The lowest BCUT2D eigenvalue weighted by atomic mass is 9.95. The smallest absolute Gasteiger partial charge is 0.141 e. The fourth-order valence-electron chi connectivity index (χ4n) is 2.24. The molecule has 0 heterocycles. The molecule has 0 aliphatic heterocycles. The second-order valence-corrected chi connectivity index (χ2v) is 6.00. The molecule has 4 heteroatoms. The maximum Gasteiger partial charge on any atom is 0.141 e. The van der Waals surface area contributed by atoms with Crippen LogP contribution in [0, 0.1) is 0 Å². The van der Waals surface area contributed by atoms with E-state index < -0.39 is 0 Å². The highest BCUT2D eigenvalue weighted by Gasteiger charge is 2.43. The van der Waals surface area contributed by atoms with Crippen molar-refractivity contribution in [2.75, 3.05) is 14.2 Å². The van der Waals surface area contributed by atoms with E-state index in [9.17, 15) is 0 Å². The Morgan fingerprint density at radius 3 is 2.17 bits per heavy atom. The summed E-state index contributed by atoms with van der Waals surface area (Å²) in [6.45, 7) is 4.30. The number of methoxy groups -OCH3 is 2. The summed E-state index contributed by atoms with van der Waals surface area (Å²) < 4.78 is 11.9. The summed E-state index contributed by atoms with van der Waals surface area (Å²) >= 11 is 3.59. The Balaban J connectivity index is 2.67. The third-order valence-corrected chi connectivity index (χ3v) is 4.28. The first-order chi connectivity index (χ1) is 8.44. The van der Waals surface area contributed by atoms with Crippen LogP contribution >= 0.6 is 15.9 Å². The second kappa shape index (κ2) is 4.74. The summed E-state index contributed by atoms with van der Waals surface area (Å²) in [4.78, 5) is 0. The Labute approximate surface area is 117 Å². The van der Waals surface area contributed by atoms with E-state index in [1.54, 1.807) is 14.2 Å². The van der Waals surface area contributed by atoms with Gasteiger partial charge in [0.25, 0.3) is 0 Å². The van der Waals surface area contributed by atoms with Crippen molar-refractivity contribution >= 4 is 15.9 Å². The van der Waals surface area contributed by atoms with Crippen molar-refractivity contribution in [3.8, 4) is 11.5 Å². The lowest BCUT2D eigenvalue weighted by Crippen LogP contribution is -2.20. The van der Waals surface area contributed by atoms with Gasteiger partial charge in [0.1, 0.15) is 16.0 Å². The van der Waals surface area contributed by atoms with Gasteiger partial charge >= 0.3 is 0 Å². The van der Waals surface area contributed by atoms with Crippen LogP contribution in [0.3, 0.4) is 0 Å². The van der Waals surface area contributed by atoms with Crippen molar-refractivity contribution in [3.05, 3.63) is 21.7 Å². The maximum atomic E-state index is 6.33. The maximum absolute atomic E-state index is 6.33. The molecule has 0 aromatic heterocycles. The number of halogens is 1. The van der Waals surface area contributed by atoms with Crippen LogP contribution in [0.1, 0.15) is 43.7 Å². The van der Waals surface area contributed by atoms with E-state index in [-0.39, 0.29) is 5.54 Å². The molecule has 0 spiro atoms. The van der Waals surface area contributed by atoms with Crippen LogP contribution in [-0.4, -0.2) is 14.2 Å². The molecule has 3 nitrogen and oxygen atoms in total. The summed E-state index contributed by atoms with van der Waals surface area (Å²) in [5, 5.41) is 0. The highest BCUT2D eigenvalue weighted by atomic mass is 79.9. The molecular weight excluding hydrogens is 294 g/mol. The van der Waals surface area contributed by atoms with Gasteiger partial charge < -0.3 is 15.2 Å². The molecule has 0 saturated heterocycles. The molecule has 1 fully saturated rings. The number of rotatable bonds is 4. The molecule has 0 bridgehead atoms. The third-order valence-electron chi connectivity index (χ3n) is 3.56. The Morgan fingerprint density at radius 1 is 1.22 bits per heavy atom. The Morgan fingerprint density at radius 2 is 1.78 bits per heavy atom. The van der Waals surface area contributed by atoms with Gasteiger partial charge in [-0.2, -0.15) is 0 Å². The van der Waals surface area contributed by atoms with E-state index in [1.165, 1.54) is 0 Å². The van der Waals surface area contributed by atoms with Crippen LogP contribution in [0.2, 0.25) is 0 Å². The fourth-order valence-corrected chi connectivity index (χ4v) is 3.01. The summed E-state index contributed by atoms with van der Waals surface area (Å²) in [5.74, 6) is 2.02. The van der Waals surface area contributed by atoms with E-state index in [1.807, 2.05) is 0 Å². The van der Waals surface area contributed by atoms with Crippen LogP contribution < -0.4 is 15.2 Å². The molecule has 0 amide bonds. The molecular formula is C14H20BrNO2. The summed E-state index contributed by atoms with van der Waals surface area (Å²) in [7, 11) is 3.35. The minimum Gasteiger partial charge on any atom is -0.495 e. The highest BCUT2D eigenvalue weighted by molar-refractivity contribution is 9.10. The molecule has 1 aromatic carbocycles. The van der Waals surface area contributed by atoms with Gasteiger partial charge in [0.15, 0.2) is 0 Å². The Bertz CT molecular complexity index is 467. The minimum atomic E-state index is -0.218. The van der Waals surface area contributed by atoms with Gasteiger partial charge in [-0.05, 0) is 46.3 Å². The van der Waals surface area contributed by atoms with Crippen LogP contribution in [0.25, 0.3) is 0 Å². The topological polar surface area (TPSA) is 44.5 Å². The van der Waals surface area contributed by atoms with Crippen molar-refractivity contribution in [1.29, 1.82) is 0 Å². The summed E-state index contributed by atoms with van der Waals surface area (Å²) in [5.41, 5.74) is 8.36. The molecule has 100 valence electrons. The van der Waals surface area contributed by atoms with Gasteiger partial charge in [0.2, 0.25) is 0 Å². The van der Waals surface area contributed by atoms with E-state index >= 15 is 0 Å². The number of benzene rings is 1. The number of ether oxygens (including phenoxy) is 2. The normalized spacial score (nSPS) is 16.8. The van der Waals surface area contributed by atoms with Gasteiger partial charge in [-0.1, -0.05) is 13.8 Å². The molecule has 1 aliphatic rings. The molecule has 18 heavy (non-hydrogen) atoms.